The van der Waals surface area contributed by atoms with Crippen molar-refractivity contribution in [2.45, 2.75) is 6.54 Å². The summed E-state index contributed by atoms with van der Waals surface area (Å²) in [6.07, 6.45) is 1.46. The number of carbonyl (C=O) groups is 1. The van der Waals surface area contributed by atoms with Gasteiger partial charge >= 0.3 is 0 Å². The molecule has 0 bridgehead atoms. The fourth-order valence-corrected chi connectivity index (χ4v) is 2.03. The van der Waals surface area contributed by atoms with Gasteiger partial charge in [-0.15, -0.1) is 0 Å². The third-order valence-corrected chi connectivity index (χ3v) is 3.14. The minimum atomic E-state index is -1.08. The molecule has 8 heteroatoms. The highest BCUT2D eigenvalue weighted by Gasteiger charge is 2.10. The summed E-state index contributed by atoms with van der Waals surface area (Å²) in [4.78, 5) is 23.8. The van der Waals surface area contributed by atoms with Gasteiger partial charge in [-0.2, -0.15) is 5.10 Å². The maximum atomic E-state index is 13.1. The van der Waals surface area contributed by atoms with E-state index >= 15 is 0 Å². The van der Waals surface area contributed by atoms with Crippen molar-refractivity contribution in [3.63, 3.8) is 0 Å². The molecule has 1 amide bonds. The Labute approximate surface area is 134 Å². The van der Waals surface area contributed by atoms with Crippen LogP contribution < -0.4 is 10.9 Å². The second-order valence-electron chi connectivity index (χ2n) is 4.87. The first-order valence-electron chi connectivity index (χ1n) is 6.90. The number of amides is 1. The summed E-state index contributed by atoms with van der Waals surface area (Å²) in [6, 6.07) is 9.03. The Kier molecular flexibility index (Phi) is 4.19. The Morgan fingerprint density at radius 1 is 1.17 bits per heavy atom. The number of nitrogens with one attached hydrogen (secondary N) is 1. The third kappa shape index (κ3) is 3.37. The Balaban J connectivity index is 1.77. The number of nitrogens with zero attached hydrogens (tertiary/aromatic N) is 2. The molecule has 2 heterocycles. The van der Waals surface area contributed by atoms with Gasteiger partial charge in [-0.25, -0.2) is 13.5 Å². The summed E-state index contributed by atoms with van der Waals surface area (Å²) < 4.78 is 32.1. The molecule has 3 aromatic rings. The molecule has 0 radical (unpaired) electrons. The Bertz CT molecular complexity index is 936. The molecular weight excluding hydrogens is 320 g/mol. The van der Waals surface area contributed by atoms with Gasteiger partial charge in [0.15, 0.2) is 17.4 Å². The number of furan rings is 1. The SMILES string of the molecule is O=C(Cn1nc(-c2ccco2)ccc1=O)Nc1ccc(F)c(F)c1. The largest absolute Gasteiger partial charge is 0.463 e. The van der Waals surface area contributed by atoms with Crippen LogP contribution in [0.3, 0.4) is 0 Å². The number of hydrogen-bond acceptors (Lipinski definition) is 4. The molecule has 122 valence electrons. The zero-order valence-electron chi connectivity index (χ0n) is 12.2. The number of rotatable bonds is 4. The highest BCUT2D eigenvalue weighted by molar-refractivity contribution is 5.90. The molecule has 0 aliphatic heterocycles. The molecular formula is C16H11F2N3O3. The maximum absolute atomic E-state index is 13.1. The number of aromatic nitrogens is 2. The summed E-state index contributed by atoms with van der Waals surface area (Å²) in [5.74, 6) is -2.25. The van der Waals surface area contributed by atoms with E-state index in [0.29, 0.717) is 11.5 Å². The zero-order chi connectivity index (χ0) is 17.1. The highest BCUT2D eigenvalue weighted by Crippen LogP contribution is 2.15. The molecule has 6 nitrogen and oxygen atoms in total. The molecule has 1 aromatic carbocycles. The molecule has 0 saturated carbocycles. The maximum Gasteiger partial charge on any atom is 0.267 e. The fraction of sp³-hybridized carbons (Fsp3) is 0.0625. The van der Waals surface area contributed by atoms with Gasteiger partial charge in [0.25, 0.3) is 5.56 Å². The standard InChI is InChI=1S/C16H11F2N3O3/c17-11-4-3-10(8-12(11)18)19-15(22)9-21-16(23)6-5-13(20-21)14-2-1-7-24-14/h1-8H,9H2,(H,19,22). The summed E-state index contributed by atoms with van der Waals surface area (Å²) in [7, 11) is 0. The number of carbonyl (C=O) groups excluding carboxylic acids is 1. The number of halogens is 2. The Morgan fingerprint density at radius 3 is 2.71 bits per heavy atom. The fourth-order valence-electron chi connectivity index (χ4n) is 2.03. The average molecular weight is 331 g/mol. The lowest BCUT2D eigenvalue weighted by Crippen LogP contribution is -2.29. The van der Waals surface area contributed by atoms with Crippen LogP contribution in [0.1, 0.15) is 0 Å². The van der Waals surface area contributed by atoms with Crippen molar-refractivity contribution >= 4 is 11.6 Å². The van der Waals surface area contributed by atoms with E-state index in [1.54, 1.807) is 12.1 Å². The van der Waals surface area contributed by atoms with Crippen LogP contribution in [0.5, 0.6) is 0 Å². The topological polar surface area (TPSA) is 77.1 Å². The van der Waals surface area contributed by atoms with Crippen molar-refractivity contribution in [3.05, 3.63) is 70.7 Å². The van der Waals surface area contributed by atoms with Crippen molar-refractivity contribution < 1.29 is 18.0 Å². The van der Waals surface area contributed by atoms with E-state index in [-0.39, 0.29) is 12.2 Å². The first kappa shape index (κ1) is 15.6. The number of anilines is 1. The molecule has 0 spiro atoms. The van der Waals surface area contributed by atoms with Crippen molar-refractivity contribution in [1.82, 2.24) is 9.78 Å². The lowest BCUT2D eigenvalue weighted by molar-refractivity contribution is -0.117. The van der Waals surface area contributed by atoms with Crippen molar-refractivity contribution in [2.75, 3.05) is 5.32 Å². The molecule has 0 fully saturated rings. The minimum Gasteiger partial charge on any atom is -0.463 e. The molecule has 0 unspecified atom stereocenters. The van der Waals surface area contributed by atoms with Crippen molar-refractivity contribution in [2.24, 2.45) is 0 Å². The molecule has 0 aliphatic carbocycles. The van der Waals surface area contributed by atoms with Crippen LogP contribution >= 0.6 is 0 Å². The van der Waals surface area contributed by atoms with Crippen LogP contribution in [0.4, 0.5) is 14.5 Å². The van der Waals surface area contributed by atoms with E-state index in [9.17, 15) is 18.4 Å². The van der Waals surface area contributed by atoms with Gasteiger partial charge in [-0.1, -0.05) is 0 Å². The second-order valence-corrected chi connectivity index (χ2v) is 4.87. The van der Waals surface area contributed by atoms with E-state index in [1.165, 1.54) is 24.5 Å². The van der Waals surface area contributed by atoms with Crippen LogP contribution in [-0.2, 0) is 11.3 Å². The summed E-state index contributed by atoms with van der Waals surface area (Å²) in [5.41, 5.74) is -0.0138. The predicted octanol–water partition coefficient (Wildman–Crippen LogP) is 2.42. The van der Waals surface area contributed by atoms with Crippen LogP contribution in [0, 0.1) is 11.6 Å². The normalized spacial score (nSPS) is 10.6. The smallest absolute Gasteiger partial charge is 0.267 e. The summed E-state index contributed by atoms with van der Waals surface area (Å²) >= 11 is 0. The van der Waals surface area contributed by atoms with Gasteiger partial charge in [0.1, 0.15) is 12.2 Å². The summed E-state index contributed by atoms with van der Waals surface area (Å²) in [6.45, 7) is -0.383. The minimum absolute atomic E-state index is 0.0779. The lowest BCUT2D eigenvalue weighted by Gasteiger charge is -2.08. The van der Waals surface area contributed by atoms with Gasteiger partial charge in [0, 0.05) is 17.8 Å². The number of benzene rings is 1. The monoisotopic (exact) mass is 331 g/mol. The molecule has 0 saturated heterocycles. The highest BCUT2D eigenvalue weighted by atomic mass is 19.2. The zero-order valence-corrected chi connectivity index (χ0v) is 12.2. The van der Waals surface area contributed by atoms with E-state index in [1.807, 2.05) is 0 Å². The van der Waals surface area contributed by atoms with Gasteiger partial charge in [0.2, 0.25) is 5.91 Å². The van der Waals surface area contributed by atoms with Gasteiger partial charge in [0.05, 0.1) is 6.26 Å². The van der Waals surface area contributed by atoms with Crippen LogP contribution in [0.15, 0.2) is 57.9 Å². The van der Waals surface area contributed by atoms with E-state index < -0.39 is 23.1 Å². The first-order valence-corrected chi connectivity index (χ1v) is 6.90. The van der Waals surface area contributed by atoms with Gasteiger partial charge < -0.3 is 9.73 Å². The van der Waals surface area contributed by atoms with Crippen LogP contribution in [0.2, 0.25) is 0 Å². The molecule has 0 aliphatic rings. The Hall–Kier alpha value is -3.29. The van der Waals surface area contributed by atoms with Gasteiger partial charge in [-0.3, -0.25) is 9.59 Å². The molecule has 3 rings (SSSR count). The lowest BCUT2D eigenvalue weighted by atomic mass is 10.3. The number of hydrogen-bond donors (Lipinski definition) is 1. The molecule has 1 N–H and O–H groups in total. The van der Waals surface area contributed by atoms with Crippen LogP contribution in [-0.4, -0.2) is 15.7 Å². The second kappa shape index (κ2) is 6.45. The van der Waals surface area contributed by atoms with E-state index in [2.05, 4.69) is 10.4 Å². The summed E-state index contributed by atoms with van der Waals surface area (Å²) in [5, 5.41) is 6.41. The molecule has 0 atom stereocenters. The molecule has 2 aromatic heterocycles. The first-order chi connectivity index (χ1) is 11.5. The predicted molar refractivity (Wildman–Crippen MR) is 81.2 cm³/mol. The van der Waals surface area contributed by atoms with Gasteiger partial charge in [-0.05, 0) is 30.3 Å². The van der Waals surface area contributed by atoms with Crippen LogP contribution in [0.25, 0.3) is 11.5 Å². The van der Waals surface area contributed by atoms with Crippen molar-refractivity contribution in [1.29, 1.82) is 0 Å². The Morgan fingerprint density at radius 2 is 2.00 bits per heavy atom. The van der Waals surface area contributed by atoms with E-state index in [0.717, 1.165) is 16.8 Å². The molecule has 24 heavy (non-hydrogen) atoms. The third-order valence-electron chi connectivity index (χ3n) is 3.14. The van der Waals surface area contributed by atoms with Crippen molar-refractivity contribution in [3.8, 4) is 11.5 Å². The van der Waals surface area contributed by atoms with E-state index in [4.69, 9.17) is 4.42 Å². The quantitative estimate of drug-likeness (QED) is 0.796. The average Bonchev–Trinajstić information content (AvgIpc) is 3.07.